The SMILES string of the molecule is COc1cnccc1C(=O)N1CCC[C@H]1C(=O)O. The predicted octanol–water partition coefficient (Wildman–Crippen LogP) is 0.779. The first-order chi connectivity index (χ1) is 8.65. The molecule has 1 fully saturated rings. The maximum Gasteiger partial charge on any atom is 0.326 e. The Kier molecular flexibility index (Phi) is 3.45. The molecule has 18 heavy (non-hydrogen) atoms. The summed E-state index contributed by atoms with van der Waals surface area (Å²) in [6.45, 7) is 0.460. The maximum atomic E-state index is 12.3. The molecule has 0 saturated carbocycles. The normalized spacial score (nSPS) is 18.7. The number of hydrogen-bond donors (Lipinski definition) is 1. The minimum absolute atomic E-state index is 0.320. The van der Waals surface area contributed by atoms with Gasteiger partial charge in [0, 0.05) is 12.7 Å². The number of aliphatic carboxylic acids is 1. The van der Waals surface area contributed by atoms with E-state index in [0.717, 1.165) is 0 Å². The van der Waals surface area contributed by atoms with E-state index in [1.54, 1.807) is 6.07 Å². The number of rotatable bonds is 3. The minimum atomic E-state index is -0.964. The number of methoxy groups -OCH3 is 1. The van der Waals surface area contributed by atoms with Crippen molar-refractivity contribution in [3.8, 4) is 5.75 Å². The first-order valence-corrected chi connectivity index (χ1v) is 5.67. The largest absolute Gasteiger partial charge is 0.494 e. The van der Waals surface area contributed by atoms with E-state index in [4.69, 9.17) is 9.84 Å². The van der Waals surface area contributed by atoms with Gasteiger partial charge in [0.25, 0.3) is 5.91 Å². The van der Waals surface area contributed by atoms with E-state index in [0.29, 0.717) is 30.7 Å². The molecule has 1 atom stereocenters. The molecule has 1 aliphatic rings. The van der Waals surface area contributed by atoms with Gasteiger partial charge in [0.15, 0.2) is 0 Å². The lowest BCUT2D eigenvalue weighted by atomic mass is 10.2. The van der Waals surface area contributed by atoms with Crippen molar-refractivity contribution in [3.63, 3.8) is 0 Å². The summed E-state index contributed by atoms with van der Waals surface area (Å²) in [7, 11) is 1.45. The number of hydrogen-bond acceptors (Lipinski definition) is 4. The van der Waals surface area contributed by atoms with Gasteiger partial charge < -0.3 is 14.7 Å². The molecule has 1 amide bonds. The maximum absolute atomic E-state index is 12.3. The van der Waals surface area contributed by atoms with Crippen molar-refractivity contribution in [1.82, 2.24) is 9.88 Å². The van der Waals surface area contributed by atoms with E-state index in [2.05, 4.69) is 4.98 Å². The van der Waals surface area contributed by atoms with Crippen LogP contribution in [0.4, 0.5) is 0 Å². The van der Waals surface area contributed by atoms with Gasteiger partial charge in [-0.05, 0) is 18.9 Å². The van der Waals surface area contributed by atoms with E-state index in [9.17, 15) is 9.59 Å². The van der Waals surface area contributed by atoms with Gasteiger partial charge in [-0.2, -0.15) is 0 Å². The summed E-state index contributed by atoms with van der Waals surface area (Å²) in [6, 6.07) is 0.800. The lowest BCUT2D eigenvalue weighted by Crippen LogP contribution is -2.40. The molecule has 0 spiro atoms. The third-order valence-corrected chi connectivity index (χ3v) is 3.03. The molecule has 2 heterocycles. The van der Waals surface area contributed by atoms with E-state index >= 15 is 0 Å². The molecule has 96 valence electrons. The van der Waals surface area contributed by atoms with Crippen LogP contribution in [0.3, 0.4) is 0 Å². The van der Waals surface area contributed by atoms with E-state index in [1.165, 1.54) is 24.4 Å². The van der Waals surface area contributed by atoms with Gasteiger partial charge in [-0.15, -0.1) is 0 Å². The smallest absolute Gasteiger partial charge is 0.326 e. The van der Waals surface area contributed by atoms with Crippen LogP contribution in [-0.4, -0.2) is 46.6 Å². The van der Waals surface area contributed by atoms with Crippen molar-refractivity contribution in [3.05, 3.63) is 24.0 Å². The average molecular weight is 250 g/mol. The van der Waals surface area contributed by atoms with Crippen molar-refractivity contribution < 1.29 is 19.4 Å². The zero-order valence-electron chi connectivity index (χ0n) is 10.00. The molecular formula is C12H14N2O4. The van der Waals surface area contributed by atoms with Crippen molar-refractivity contribution in [2.45, 2.75) is 18.9 Å². The third kappa shape index (κ3) is 2.13. The number of carbonyl (C=O) groups excluding carboxylic acids is 1. The lowest BCUT2D eigenvalue weighted by molar-refractivity contribution is -0.141. The molecule has 1 saturated heterocycles. The highest BCUT2D eigenvalue weighted by molar-refractivity contribution is 5.99. The van der Waals surface area contributed by atoms with Gasteiger partial charge in [0.05, 0.1) is 18.9 Å². The minimum Gasteiger partial charge on any atom is -0.494 e. The van der Waals surface area contributed by atoms with Crippen LogP contribution in [0.5, 0.6) is 5.75 Å². The van der Waals surface area contributed by atoms with Crippen LogP contribution >= 0.6 is 0 Å². The summed E-state index contributed by atoms with van der Waals surface area (Å²) >= 11 is 0. The molecule has 6 heteroatoms. The Bertz CT molecular complexity index is 475. The van der Waals surface area contributed by atoms with E-state index in [-0.39, 0.29) is 5.91 Å². The van der Waals surface area contributed by atoms with Crippen molar-refractivity contribution in [2.75, 3.05) is 13.7 Å². The first kappa shape index (κ1) is 12.3. The highest BCUT2D eigenvalue weighted by Crippen LogP contribution is 2.24. The Morgan fingerprint density at radius 2 is 2.33 bits per heavy atom. The Morgan fingerprint density at radius 1 is 1.56 bits per heavy atom. The van der Waals surface area contributed by atoms with Crippen molar-refractivity contribution >= 4 is 11.9 Å². The van der Waals surface area contributed by atoms with Crippen LogP contribution in [-0.2, 0) is 4.79 Å². The van der Waals surface area contributed by atoms with Gasteiger partial charge in [-0.3, -0.25) is 9.78 Å². The fourth-order valence-corrected chi connectivity index (χ4v) is 2.14. The van der Waals surface area contributed by atoms with Gasteiger partial charge >= 0.3 is 5.97 Å². The number of nitrogens with zero attached hydrogens (tertiary/aromatic N) is 2. The van der Waals surface area contributed by atoms with Gasteiger partial charge in [-0.1, -0.05) is 0 Å². The Balaban J connectivity index is 2.28. The fourth-order valence-electron chi connectivity index (χ4n) is 2.14. The predicted molar refractivity (Wildman–Crippen MR) is 62.5 cm³/mol. The molecule has 6 nitrogen and oxygen atoms in total. The molecule has 1 aromatic rings. The summed E-state index contributed by atoms with van der Waals surface area (Å²) in [4.78, 5) is 28.6. The first-order valence-electron chi connectivity index (χ1n) is 5.67. The molecule has 0 aliphatic carbocycles. The lowest BCUT2D eigenvalue weighted by Gasteiger charge is -2.22. The molecule has 1 aromatic heterocycles. The standard InChI is InChI=1S/C12H14N2O4/c1-18-10-7-13-5-4-8(10)11(15)14-6-2-3-9(14)12(16)17/h4-5,7,9H,2-3,6H2,1H3,(H,16,17)/t9-/m0/s1. The van der Waals surface area contributed by atoms with Crippen molar-refractivity contribution in [2.24, 2.45) is 0 Å². The summed E-state index contributed by atoms with van der Waals surface area (Å²) in [6.07, 6.45) is 4.13. The van der Waals surface area contributed by atoms with Crippen LogP contribution in [0.25, 0.3) is 0 Å². The average Bonchev–Trinajstić information content (AvgIpc) is 2.87. The topological polar surface area (TPSA) is 79.7 Å². The molecule has 1 aliphatic heterocycles. The quantitative estimate of drug-likeness (QED) is 0.857. The molecule has 1 N–H and O–H groups in total. The van der Waals surface area contributed by atoms with Gasteiger partial charge in [0.2, 0.25) is 0 Å². The number of ether oxygens (including phenoxy) is 1. The monoisotopic (exact) mass is 250 g/mol. The van der Waals surface area contributed by atoms with Gasteiger partial charge in [0.1, 0.15) is 11.8 Å². The second-order valence-corrected chi connectivity index (χ2v) is 4.07. The Hall–Kier alpha value is -2.11. The summed E-state index contributed by atoms with van der Waals surface area (Å²) in [5.74, 6) is -0.924. The van der Waals surface area contributed by atoms with E-state index < -0.39 is 12.0 Å². The molecule has 0 bridgehead atoms. The second-order valence-electron chi connectivity index (χ2n) is 4.07. The zero-order valence-corrected chi connectivity index (χ0v) is 10.00. The summed E-state index contributed by atoms with van der Waals surface area (Å²) in [5.41, 5.74) is 0.348. The second kappa shape index (κ2) is 5.03. The molecule has 0 unspecified atom stereocenters. The number of amides is 1. The Labute approximate surface area is 104 Å². The zero-order chi connectivity index (χ0) is 13.1. The van der Waals surface area contributed by atoms with Gasteiger partial charge in [-0.25, -0.2) is 4.79 Å². The number of pyridine rings is 1. The summed E-state index contributed by atoms with van der Waals surface area (Å²) < 4.78 is 5.06. The number of carbonyl (C=O) groups is 2. The van der Waals surface area contributed by atoms with Crippen molar-refractivity contribution in [1.29, 1.82) is 0 Å². The molecule has 2 rings (SSSR count). The fraction of sp³-hybridized carbons (Fsp3) is 0.417. The summed E-state index contributed by atoms with van der Waals surface area (Å²) in [5, 5.41) is 9.07. The highest BCUT2D eigenvalue weighted by atomic mass is 16.5. The van der Waals surface area contributed by atoms with Crippen LogP contribution < -0.4 is 4.74 Å². The molecule has 0 aromatic carbocycles. The third-order valence-electron chi connectivity index (χ3n) is 3.03. The number of likely N-dealkylation sites (tertiary alicyclic amines) is 1. The number of aromatic nitrogens is 1. The molecule has 0 radical (unpaired) electrons. The highest BCUT2D eigenvalue weighted by Gasteiger charge is 2.35. The van der Waals surface area contributed by atoms with Crippen LogP contribution in [0.1, 0.15) is 23.2 Å². The van der Waals surface area contributed by atoms with Crippen LogP contribution in [0.2, 0.25) is 0 Å². The number of carboxylic acid groups (broad SMARTS) is 1. The van der Waals surface area contributed by atoms with Crippen LogP contribution in [0, 0.1) is 0 Å². The Morgan fingerprint density at radius 3 is 3.00 bits per heavy atom. The van der Waals surface area contributed by atoms with E-state index in [1.807, 2.05) is 0 Å². The van der Waals surface area contributed by atoms with Crippen LogP contribution in [0.15, 0.2) is 18.5 Å². The number of carboxylic acids is 1. The molecular weight excluding hydrogens is 236 g/mol.